The van der Waals surface area contributed by atoms with Crippen LogP contribution in [-0.2, 0) is 0 Å². The first-order valence-corrected chi connectivity index (χ1v) is 8.24. The molecule has 4 heteroatoms. The summed E-state index contributed by atoms with van der Waals surface area (Å²) < 4.78 is 1.13. The largest absolute Gasteiger partial charge is 0.347 e. The van der Waals surface area contributed by atoms with E-state index in [1.807, 2.05) is 17.5 Å². The average Bonchev–Trinajstić information content (AvgIpc) is 3.14. The molecule has 4 rings (SSSR count). The van der Waals surface area contributed by atoms with Gasteiger partial charge in [0.2, 0.25) is 0 Å². The van der Waals surface area contributed by atoms with E-state index >= 15 is 0 Å². The van der Waals surface area contributed by atoms with Gasteiger partial charge in [-0.2, -0.15) is 0 Å². The maximum absolute atomic E-state index is 12.4. The van der Waals surface area contributed by atoms with Gasteiger partial charge in [0.25, 0.3) is 5.91 Å². The summed E-state index contributed by atoms with van der Waals surface area (Å²) in [7, 11) is 0. The summed E-state index contributed by atoms with van der Waals surface area (Å²) in [6, 6.07) is 4.32. The van der Waals surface area contributed by atoms with Gasteiger partial charge in [-0.05, 0) is 53.5 Å². The highest BCUT2D eigenvalue weighted by Crippen LogP contribution is 2.63. The standard InChI is InChI=1S/C16H18N2OS/c1-2-10-8-16(4-5-16)14(10)18-15(19)12-7-11-3-6-20-13(11)9-17-12/h3,6-7,9-10,14H,2,4-5,8H2,1H3,(H,18,19). The van der Waals surface area contributed by atoms with E-state index < -0.39 is 0 Å². The molecule has 1 spiro atoms. The van der Waals surface area contributed by atoms with E-state index in [1.165, 1.54) is 19.3 Å². The van der Waals surface area contributed by atoms with E-state index in [4.69, 9.17) is 0 Å². The molecule has 2 aliphatic rings. The Morgan fingerprint density at radius 1 is 1.55 bits per heavy atom. The van der Waals surface area contributed by atoms with Crippen LogP contribution in [0, 0.1) is 11.3 Å². The average molecular weight is 286 g/mol. The lowest BCUT2D eigenvalue weighted by molar-refractivity contribution is 0.0623. The number of pyridine rings is 1. The lowest BCUT2D eigenvalue weighted by atomic mass is 9.65. The Bertz CT molecular complexity index is 674. The minimum absolute atomic E-state index is 0.00692. The number of rotatable bonds is 3. The van der Waals surface area contributed by atoms with Crippen LogP contribution in [0.3, 0.4) is 0 Å². The van der Waals surface area contributed by atoms with Crippen LogP contribution >= 0.6 is 11.3 Å². The van der Waals surface area contributed by atoms with Gasteiger partial charge >= 0.3 is 0 Å². The number of thiophene rings is 1. The minimum atomic E-state index is -0.00692. The number of carbonyl (C=O) groups is 1. The zero-order valence-corrected chi connectivity index (χ0v) is 12.4. The van der Waals surface area contributed by atoms with Crippen molar-refractivity contribution in [3.8, 4) is 0 Å². The zero-order chi connectivity index (χ0) is 13.7. The Kier molecular flexibility index (Phi) is 2.64. The number of carbonyl (C=O) groups excluding carboxylic acids is 1. The molecular formula is C16H18N2OS. The molecule has 1 N–H and O–H groups in total. The number of hydrogen-bond donors (Lipinski definition) is 1. The molecule has 1 amide bonds. The van der Waals surface area contributed by atoms with E-state index in [9.17, 15) is 4.79 Å². The molecule has 0 bridgehead atoms. The quantitative estimate of drug-likeness (QED) is 0.936. The first-order valence-electron chi connectivity index (χ1n) is 7.36. The predicted molar refractivity (Wildman–Crippen MR) is 80.9 cm³/mol. The SMILES string of the molecule is CCC1CC2(CC2)C1NC(=O)c1cc2ccsc2cn1. The number of nitrogens with one attached hydrogen (secondary N) is 1. The molecule has 2 atom stereocenters. The van der Waals surface area contributed by atoms with Crippen molar-refractivity contribution in [2.24, 2.45) is 11.3 Å². The highest BCUT2D eigenvalue weighted by Gasteiger charge is 2.60. The number of fused-ring (bicyclic) bond motifs is 1. The fourth-order valence-corrected chi connectivity index (χ4v) is 4.38. The van der Waals surface area contributed by atoms with E-state index in [0.29, 0.717) is 23.1 Å². The highest BCUT2D eigenvalue weighted by molar-refractivity contribution is 7.17. The van der Waals surface area contributed by atoms with Crippen molar-refractivity contribution in [1.82, 2.24) is 10.3 Å². The van der Waals surface area contributed by atoms with Crippen LogP contribution in [0.25, 0.3) is 10.1 Å². The molecule has 0 aliphatic heterocycles. The van der Waals surface area contributed by atoms with Gasteiger partial charge in [0, 0.05) is 12.2 Å². The number of amides is 1. The summed E-state index contributed by atoms with van der Waals surface area (Å²) in [5, 5.41) is 6.39. The Hall–Kier alpha value is -1.42. The maximum atomic E-state index is 12.4. The van der Waals surface area contributed by atoms with E-state index in [0.717, 1.165) is 16.5 Å². The van der Waals surface area contributed by atoms with Crippen molar-refractivity contribution in [2.75, 3.05) is 0 Å². The highest BCUT2D eigenvalue weighted by atomic mass is 32.1. The second kappa shape index (κ2) is 4.29. The molecule has 2 fully saturated rings. The second-order valence-corrected chi connectivity index (χ2v) is 7.16. The van der Waals surface area contributed by atoms with Gasteiger partial charge in [-0.25, -0.2) is 4.98 Å². The monoisotopic (exact) mass is 286 g/mol. The lowest BCUT2D eigenvalue weighted by Crippen LogP contribution is -2.55. The van der Waals surface area contributed by atoms with Gasteiger partial charge in [-0.1, -0.05) is 13.3 Å². The molecule has 0 aromatic carbocycles. The second-order valence-electron chi connectivity index (χ2n) is 6.21. The van der Waals surface area contributed by atoms with Crippen molar-refractivity contribution in [1.29, 1.82) is 0 Å². The van der Waals surface area contributed by atoms with Crippen molar-refractivity contribution in [2.45, 2.75) is 38.6 Å². The van der Waals surface area contributed by atoms with Crippen LogP contribution in [0.2, 0.25) is 0 Å². The minimum Gasteiger partial charge on any atom is -0.347 e. The summed E-state index contributed by atoms with van der Waals surface area (Å²) in [6.45, 7) is 2.22. The molecule has 2 heterocycles. The molecule has 2 aromatic heterocycles. The molecule has 2 aromatic rings. The van der Waals surface area contributed by atoms with Crippen LogP contribution in [0.4, 0.5) is 0 Å². The molecule has 0 radical (unpaired) electrons. The van der Waals surface area contributed by atoms with Crippen LogP contribution in [-0.4, -0.2) is 16.9 Å². The molecule has 2 saturated carbocycles. The van der Waals surface area contributed by atoms with Crippen molar-refractivity contribution in [3.05, 3.63) is 29.4 Å². The topological polar surface area (TPSA) is 42.0 Å². The predicted octanol–water partition coefficient (Wildman–Crippen LogP) is 3.60. The molecule has 2 aliphatic carbocycles. The Balaban J connectivity index is 1.54. The van der Waals surface area contributed by atoms with Crippen LogP contribution in [0.5, 0.6) is 0 Å². The van der Waals surface area contributed by atoms with E-state index in [2.05, 4.69) is 17.2 Å². The Labute approximate surface area is 122 Å². The third-order valence-corrected chi connectivity index (χ3v) is 5.94. The van der Waals surface area contributed by atoms with Gasteiger partial charge in [0.05, 0.1) is 4.70 Å². The number of nitrogens with zero attached hydrogens (tertiary/aromatic N) is 1. The fraction of sp³-hybridized carbons (Fsp3) is 0.500. The van der Waals surface area contributed by atoms with E-state index in [-0.39, 0.29) is 5.91 Å². The third kappa shape index (κ3) is 1.78. The molecule has 104 valence electrons. The van der Waals surface area contributed by atoms with Gasteiger partial charge < -0.3 is 5.32 Å². The van der Waals surface area contributed by atoms with Crippen LogP contribution in [0.1, 0.15) is 43.1 Å². The molecule has 3 nitrogen and oxygen atoms in total. The van der Waals surface area contributed by atoms with Crippen molar-refractivity contribution >= 4 is 27.3 Å². The van der Waals surface area contributed by atoms with Crippen molar-refractivity contribution in [3.63, 3.8) is 0 Å². The number of aromatic nitrogens is 1. The Morgan fingerprint density at radius 3 is 3.15 bits per heavy atom. The van der Waals surface area contributed by atoms with Crippen molar-refractivity contribution < 1.29 is 4.79 Å². The summed E-state index contributed by atoms with van der Waals surface area (Å²) >= 11 is 1.66. The lowest BCUT2D eigenvalue weighted by Gasteiger charge is -2.46. The van der Waals surface area contributed by atoms with Gasteiger partial charge in [-0.15, -0.1) is 11.3 Å². The smallest absolute Gasteiger partial charge is 0.270 e. The summed E-state index contributed by atoms with van der Waals surface area (Å²) in [6.07, 6.45) is 6.83. The maximum Gasteiger partial charge on any atom is 0.270 e. The molecular weight excluding hydrogens is 268 g/mol. The fourth-order valence-electron chi connectivity index (χ4n) is 3.64. The van der Waals surface area contributed by atoms with Crippen LogP contribution in [0.15, 0.2) is 23.7 Å². The molecule has 0 saturated heterocycles. The summed E-state index contributed by atoms with van der Waals surface area (Å²) in [5.74, 6) is 0.652. The normalized spacial score (nSPS) is 26.4. The number of hydrogen-bond acceptors (Lipinski definition) is 3. The Morgan fingerprint density at radius 2 is 2.40 bits per heavy atom. The molecule has 20 heavy (non-hydrogen) atoms. The third-order valence-electron chi connectivity index (χ3n) is 5.08. The molecule has 2 unspecified atom stereocenters. The van der Waals surface area contributed by atoms with Crippen LogP contribution < -0.4 is 5.32 Å². The summed E-state index contributed by atoms with van der Waals surface area (Å²) in [4.78, 5) is 16.7. The first kappa shape index (κ1) is 12.3. The van der Waals surface area contributed by atoms with Gasteiger partial charge in [0.1, 0.15) is 5.69 Å². The van der Waals surface area contributed by atoms with E-state index in [1.54, 1.807) is 17.5 Å². The van der Waals surface area contributed by atoms with Gasteiger partial charge in [0.15, 0.2) is 0 Å². The first-order chi connectivity index (χ1) is 9.72. The zero-order valence-electron chi connectivity index (χ0n) is 11.6. The van der Waals surface area contributed by atoms with Gasteiger partial charge in [-0.3, -0.25) is 4.79 Å². The summed E-state index contributed by atoms with van der Waals surface area (Å²) in [5.41, 5.74) is 0.997.